The smallest absolute Gasteiger partial charge is 0.134 e. The molecule has 1 aromatic carbocycles. The molecule has 0 radical (unpaired) electrons. The summed E-state index contributed by atoms with van der Waals surface area (Å²) in [5.41, 5.74) is 0.841. The lowest BCUT2D eigenvalue weighted by atomic mass is 10.2. The Labute approximate surface area is 99.6 Å². The number of terminal acetylenes is 1. The minimum atomic E-state index is 0.0993. The molecule has 0 bridgehead atoms. The van der Waals surface area contributed by atoms with Crippen molar-refractivity contribution >= 4 is 22.6 Å². The van der Waals surface area contributed by atoms with Crippen LogP contribution >= 0.6 is 11.6 Å². The molecule has 0 aliphatic rings. The number of benzene rings is 1. The van der Waals surface area contributed by atoms with Crippen LogP contribution in [-0.2, 0) is 0 Å². The highest BCUT2D eigenvalue weighted by Gasteiger charge is 2.10. The molecule has 3 heteroatoms. The van der Waals surface area contributed by atoms with Gasteiger partial charge in [0.1, 0.15) is 11.3 Å². The maximum atomic E-state index is 5.91. The third-order valence-corrected chi connectivity index (χ3v) is 2.67. The SMILES string of the molecule is C#CCNC(C)c1cc2cc(Cl)ccc2o1. The minimum absolute atomic E-state index is 0.0993. The fourth-order valence-corrected chi connectivity index (χ4v) is 1.74. The van der Waals surface area contributed by atoms with E-state index in [2.05, 4.69) is 11.2 Å². The van der Waals surface area contributed by atoms with E-state index >= 15 is 0 Å². The molecule has 0 saturated heterocycles. The number of furan rings is 1. The number of fused-ring (bicyclic) bond motifs is 1. The molecule has 0 saturated carbocycles. The fourth-order valence-electron chi connectivity index (χ4n) is 1.56. The Balaban J connectivity index is 2.29. The van der Waals surface area contributed by atoms with Crippen molar-refractivity contribution in [3.05, 3.63) is 35.0 Å². The van der Waals surface area contributed by atoms with Crippen LogP contribution in [0, 0.1) is 12.3 Å². The van der Waals surface area contributed by atoms with Crippen molar-refractivity contribution in [2.45, 2.75) is 13.0 Å². The molecule has 2 rings (SSSR count). The van der Waals surface area contributed by atoms with Crippen LogP contribution in [0.2, 0.25) is 5.02 Å². The van der Waals surface area contributed by atoms with Gasteiger partial charge in [0.25, 0.3) is 0 Å². The van der Waals surface area contributed by atoms with Crippen LogP contribution < -0.4 is 5.32 Å². The van der Waals surface area contributed by atoms with E-state index in [1.807, 2.05) is 31.2 Å². The van der Waals surface area contributed by atoms with Gasteiger partial charge in [-0.05, 0) is 31.2 Å². The van der Waals surface area contributed by atoms with Gasteiger partial charge in [-0.2, -0.15) is 0 Å². The van der Waals surface area contributed by atoms with Gasteiger partial charge in [-0.15, -0.1) is 6.42 Å². The van der Waals surface area contributed by atoms with Gasteiger partial charge in [-0.1, -0.05) is 17.5 Å². The fraction of sp³-hybridized carbons (Fsp3) is 0.231. The van der Waals surface area contributed by atoms with Gasteiger partial charge < -0.3 is 4.42 Å². The maximum absolute atomic E-state index is 5.91. The lowest BCUT2D eigenvalue weighted by molar-refractivity contribution is 0.467. The average Bonchev–Trinajstić information content (AvgIpc) is 2.68. The van der Waals surface area contributed by atoms with Crippen LogP contribution in [0.3, 0.4) is 0 Å². The Bertz CT molecular complexity index is 538. The summed E-state index contributed by atoms with van der Waals surface area (Å²) in [5, 5.41) is 4.88. The molecular formula is C13H12ClNO. The van der Waals surface area contributed by atoms with Crippen LogP contribution in [-0.4, -0.2) is 6.54 Å². The molecule has 0 aliphatic heterocycles. The van der Waals surface area contributed by atoms with Gasteiger partial charge in [0.2, 0.25) is 0 Å². The lowest BCUT2D eigenvalue weighted by Gasteiger charge is -2.07. The van der Waals surface area contributed by atoms with Crippen molar-refractivity contribution < 1.29 is 4.42 Å². The molecule has 0 amide bonds. The number of halogens is 1. The maximum Gasteiger partial charge on any atom is 0.134 e. The van der Waals surface area contributed by atoms with Crippen molar-refractivity contribution in [1.82, 2.24) is 5.32 Å². The predicted octanol–water partition coefficient (Wildman–Crippen LogP) is 3.37. The first-order chi connectivity index (χ1) is 7.70. The topological polar surface area (TPSA) is 25.2 Å². The highest BCUT2D eigenvalue weighted by atomic mass is 35.5. The second kappa shape index (κ2) is 4.61. The Morgan fingerprint density at radius 1 is 1.50 bits per heavy atom. The summed E-state index contributed by atoms with van der Waals surface area (Å²) in [6, 6.07) is 7.65. The largest absolute Gasteiger partial charge is 0.459 e. The molecule has 1 aromatic heterocycles. The summed E-state index contributed by atoms with van der Waals surface area (Å²) in [6.45, 7) is 2.54. The van der Waals surface area contributed by atoms with E-state index in [1.165, 1.54) is 0 Å². The first-order valence-corrected chi connectivity index (χ1v) is 5.44. The normalized spacial score (nSPS) is 12.6. The van der Waals surface area contributed by atoms with Crippen LogP contribution in [0.4, 0.5) is 0 Å². The van der Waals surface area contributed by atoms with Crippen molar-refractivity contribution in [3.63, 3.8) is 0 Å². The molecule has 1 unspecified atom stereocenters. The molecule has 1 N–H and O–H groups in total. The zero-order valence-corrected chi connectivity index (χ0v) is 9.71. The zero-order valence-electron chi connectivity index (χ0n) is 8.96. The molecule has 0 spiro atoms. The summed E-state index contributed by atoms with van der Waals surface area (Å²) >= 11 is 5.91. The van der Waals surface area contributed by atoms with E-state index in [1.54, 1.807) is 0 Å². The first kappa shape index (κ1) is 11.1. The number of hydrogen-bond acceptors (Lipinski definition) is 2. The number of nitrogens with one attached hydrogen (secondary N) is 1. The van der Waals surface area contributed by atoms with Gasteiger partial charge in [-0.3, -0.25) is 5.32 Å². The molecule has 2 aromatic rings. The lowest BCUT2D eigenvalue weighted by Crippen LogP contribution is -2.17. The molecule has 0 fully saturated rings. The van der Waals surface area contributed by atoms with Crippen molar-refractivity contribution in [1.29, 1.82) is 0 Å². The Hall–Kier alpha value is -1.43. The average molecular weight is 234 g/mol. The monoisotopic (exact) mass is 233 g/mol. The Kier molecular flexibility index (Phi) is 3.19. The summed E-state index contributed by atoms with van der Waals surface area (Å²) < 4.78 is 5.69. The van der Waals surface area contributed by atoms with Gasteiger partial charge in [0.15, 0.2) is 0 Å². The summed E-state index contributed by atoms with van der Waals surface area (Å²) in [4.78, 5) is 0. The summed E-state index contributed by atoms with van der Waals surface area (Å²) in [5.74, 6) is 3.41. The van der Waals surface area contributed by atoms with E-state index in [0.29, 0.717) is 11.6 Å². The predicted molar refractivity (Wildman–Crippen MR) is 66.5 cm³/mol. The molecular weight excluding hydrogens is 222 g/mol. The van der Waals surface area contributed by atoms with Crippen LogP contribution in [0.5, 0.6) is 0 Å². The Morgan fingerprint density at radius 2 is 2.31 bits per heavy atom. The first-order valence-electron chi connectivity index (χ1n) is 5.06. The second-order valence-electron chi connectivity index (χ2n) is 3.64. The zero-order chi connectivity index (χ0) is 11.5. The standard InChI is InChI=1S/C13H12ClNO/c1-3-6-15-9(2)13-8-10-7-11(14)4-5-12(10)16-13/h1,4-5,7-9,15H,6H2,2H3. The number of rotatable bonds is 3. The third-order valence-electron chi connectivity index (χ3n) is 2.43. The molecule has 16 heavy (non-hydrogen) atoms. The second-order valence-corrected chi connectivity index (χ2v) is 4.07. The summed E-state index contributed by atoms with van der Waals surface area (Å²) in [7, 11) is 0. The van der Waals surface area contributed by atoms with E-state index in [4.69, 9.17) is 22.4 Å². The van der Waals surface area contributed by atoms with Gasteiger partial charge in [0.05, 0.1) is 12.6 Å². The van der Waals surface area contributed by atoms with E-state index in [0.717, 1.165) is 16.7 Å². The third kappa shape index (κ3) is 2.21. The number of hydrogen-bond donors (Lipinski definition) is 1. The quantitative estimate of drug-likeness (QED) is 0.823. The molecule has 0 aliphatic carbocycles. The molecule has 82 valence electrons. The van der Waals surface area contributed by atoms with Crippen LogP contribution in [0.1, 0.15) is 18.7 Å². The highest BCUT2D eigenvalue weighted by molar-refractivity contribution is 6.31. The molecule has 2 nitrogen and oxygen atoms in total. The molecule has 1 heterocycles. The summed E-state index contributed by atoms with van der Waals surface area (Å²) in [6.07, 6.45) is 5.19. The minimum Gasteiger partial charge on any atom is -0.459 e. The Morgan fingerprint density at radius 3 is 3.06 bits per heavy atom. The van der Waals surface area contributed by atoms with Crippen molar-refractivity contribution in [2.24, 2.45) is 0 Å². The van der Waals surface area contributed by atoms with Gasteiger partial charge >= 0.3 is 0 Å². The molecule has 1 atom stereocenters. The van der Waals surface area contributed by atoms with Gasteiger partial charge in [-0.25, -0.2) is 0 Å². The van der Waals surface area contributed by atoms with E-state index in [9.17, 15) is 0 Å². The van der Waals surface area contributed by atoms with E-state index in [-0.39, 0.29) is 6.04 Å². The highest BCUT2D eigenvalue weighted by Crippen LogP contribution is 2.26. The van der Waals surface area contributed by atoms with E-state index < -0.39 is 0 Å². The van der Waals surface area contributed by atoms with Crippen LogP contribution in [0.15, 0.2) is 28.7 Å². The van der Waals surface area contributed by atoms with Crippen molar-refractivity contribution in [3.8, 4) is 12.3 Å². The van der Waals surface area contributed by atoms with Crippen LogP contribution in [0.25, 0.3) is 11.0 Å². The van der Waals surface area contributed by atoms with Crippen molar-refractivity contribution in [2.75, 3.05) is 6.54 Å². The van der Waals surface area contributed by atoms with Gasteiger partial charge in [0, 0.05) is 10.4 Å².